The fourth-order valence-electron chi connectivity index (χ4n) is 3.85. The third-order valence-electron chi connectivity index (χ3n) is 5.23. The number of ether oxygens (including phenoxy) is 1. The molecule has 0 atom stereocenters. The van der Waals surface area contributed by atoms with E-state index in [1.807, 2.05) is 11.8 Å². The lowest BCUT2D eigenvalue weighted by atomic mass is 9.98. The zero-order valence-corrected chi connectivity index (χ0v) is 16.5. The largest absolute Gasteiger partial charge is 0.450 e. The van der Waals surface area contributed by atoms with Crippen LogP contribution < -0.4 is 5.32 Å². The molecule has 0 saturated carbocycles. The Bertz CT molecular complexity index is 568. The molecule has 0 aliphatic carbocycles. The predicted octanol–water partition coefficient (Wildman–Crippen LogP) is 3.95. The van der Waals surface area contributed by atoms with Crippen LogP contribution in [0.2, 0.25) is 0 Å². The molecule has 1 aromatic rings. The predicted molar refractivity (Wildman–Crippen MR) is 104 cm³/mol. The highest BCUT2D eigenvalue weighted by Crippen LogP contribution is 2.24. The summed E-state index contributed by atoms with van der Waals surface area (Å²) < 4.78 is 6.22. The third kappa shape index (κ3) is 5.11. The molecule has 6 heteroatoms. The number of amides is 1. The second kappa shape index (κ2) is 8.90. The molecule has 1 amide bonds. The summed E-state index contributed by atoms with van der Waals surface area (Å²) in [6.07, 6.45) is 4.30. The minimum absolute atomic E-state index is 0.155. The smallest absolute Gasteiger partial charge is 0.409 e. The Morgan fingerprint density at radius 1 is 1.20 bits per heavy atom. The van der Waals surface area contributed by atoms with Crippen LogP contribution in [0.15, 0.2) is 28.7 Å². The molecular weight excluding hydrogens is 382 g/mol. The van der Waals surface area contributed by atoms with Crippen LogP contribution >= 0.6 is 15.9 Å². The first-order valence-electron chi connectivity index (χ1n) is 9.33. The molecule has 138 valence electrons. The summed E-state index contributed by atoms with van der Waals surface area (Å²) in [5.41, 5.74) is 1.19. The van der Waals surface area contributed by atoms with Crippen molar-refractivity contribution in [2.24, 2.45) is 0 Å². The number of halogens is 1. The fraction of sp³-hybridized carbons (Fsp3) is 0.632. The van der Waals surface area contributed by atoms with Crippen molar-refractivity contribution in [3.8, 4) is 0 Å². The van der Waals surface area contributed by atoms with Gasteiger partial charge in [0, 0.05) is 48.4 Å². The summed E-state index contributed by atoms with van der Waals surface area (Å²) in [7, 11) is 0. The molecule has 2 saturated heterocycles. The molecule has 0 aromatic heterocycles. The number of hydrogen-bond acceptors (Lipinski definition) is 4. The molecule has 25 heavy (non-hydrogen) atoms. The second-order valence-corrected chi connectivity index (χ2v) is 7.80. The number of nitrogens with zero attached hydrogens (tertiary/aromatic N) is 2. The van der Waals surface area contributed by atoms with E-state index < -0.39 is 0 Å². The van der Waals surface area contributed by atoms with E-state index >= 15 is 0 Å². The van der Waals surface area contributed by atoms with Gasteiger partial charge in [0.05, 0.1) is 6.61 Å². The zero-order chi connectivity index (χ0) is 17.6. The van der Waals surface area contributed by atoms with E-state index in [4.69, 9.17) is 4.74 Å². The van der Waals surface area contributed by atoms with Crippen molar-refractivity contribution in [2.45, 2.75) is 44.7 Å². The van der Waals surface area contributed by atoms with Gasteiger partial charge in [-0.2, -0.15) is 0 Å². The van der Waals surface area contributed by atoms with Crippen LogP contribution in [-0.2, 0) is 4.74 Å². The van der Waals surface area contributed by atoms with Gasteiger partial charge in [0.15, 0.2) is 0 Å². The van der Waals surface area contributed by atoms with Crippen molar-refractivity contribution in [3.63, 3.8) is 0 Å². The number of rotatable bonds is 4. The summed E-state index contributed by atoms with van der Waals surface area (Å²) in [5.74, 6) is 0. The molecule has 3 rings (SSSR count). The van der Waals surface area contributed by atoms with Crippen molar-refractivity contribution in [1.29, 1.82) is 0 Å². The quantitative estimate of drug-likeness (QED) is 0.817. The lowest BCUT2D eigenvalue weighted by molar-refractivity contribution is 0.0674. The van der Waals surface area contributed by atoms with Crippen molar-refractivity contribution >= 4 is 27.7 Å². The molecule has 2 heterocycles. The summed E-state index contributed by atoms with van der Waals surface area (Å²) in [6, 6.07) is 9.54. The van der Waals surface area contributed by atoms with Crippen molar-refractivity contribution in [3.05, 3.63) is 28.7 Å². The van der Waals surface area contributed by atoms with Crippen molar-refractivity contribution in [1.82, 2.24) is 9.80 Å². The van der Waals surface area contributed by atoms with E-state index in [9.17, 15) is 4.79 Å². The topological polar surface area (TPSA) is 44.8 Å². The molecule has 1 N–H and O–H groups in total. The van der Waals surface area contributed by atoms with Crippen LogP contribution in [0.25, 0.3) is 0 Å². The molecule has 0 spiro atoms. The molecule has 2 fully saturated rings. The van der Waals surface area contributed by atoms with Gasteiger partial charge in [-0.15, -0.1) is 0 Å². The van der Waals surface area contributed by atoms with Crippen LogP contribution in [-0.4, -0.2) is 60.8 Å². The number of likely N-dealkylation sites (tertiary alicyclic amines) is 2. The maximum absolute atomic E-state index is 11.8. The second-order valence-electron chi connectivity index (χ2n) is 6.88. The zero-order valence-electron chi connectivity index (χ0n) is 14.9. The Kier molecular flexibility index (Phi) is 6.59. The Hall–Kier alpha value is -1.27. The number of carbonyl (C=O) groups is 1. The third-order valence-corrected chi connectivity index (χ3v) is 5.73. The van der Waals surface area contributed by atoms with Gasteiger partial charge in [0.2, 0.25) is 0 Å². The van der Waals surface area contributed by atoms with E-state index in [0.717, 1.165) is 43.5 Å². The minimum Gasteiger partial charge on any atom is -0.450 e. The number of hydrogen-bond donors (Lipinski definition) is 1. The lowest BCUT2D eigenvalue weighted by Crippen LogP contribution is -2.50. The first kappa shape index (κ1) is 18.5. The van der Waals surface area contributed by atoms with Gasteiger partial charge in [0.1, 0.15) is 0 Å². The fourth-order valence-corrected chi connectivity index (χ4v) is 4.25. The van der Waals surface area contributed by atoms with E-state index in [2.05, 4.69) is 50.4 Å². The Balaban J connectivity index is 1.41. The van der Waals surface area contributed by atoms with E-state index in [1.54, 1.807) is 0 Å². The van der Waals surface area contributed by atoms with Gasteiger partial charge < -0.3 is 19.9 Å². The summed E-state index contributed by atoms with van der Waals surface area (Å²) in [4.78, 5) is 16.3. The number of piperidine rings is 2. The summed E-state index contributed by atoms with van der Waals surface area (Å²) in [5, 5.41) is 3.66. The maximum atomic E-state index is 11.8. The van der Waals surface area contributed by atoms with Crippen LogP contribution in [0.4, 0.5) is 10.5 Å². The molecule has 5 nitrogen and oxygen atoms in total. The summed E-state index contributed by atoms with van der Waals surface area (Å²) in [6.45, 7) is 6.22. The number of nitrogens with one attached hydrogen (secondary N) is 1. The Morgan fingerprint density at radius 3 is 2.56 bits per heavy atom. The van der Waals surface area contributed by atoms with Crippen LogP contribution in [0.1, 0.15) is 32.6 Å². The highest BCUT2D eigenvalue weighted by atomic mass is 79.9. The van der Waals surface area contributed by atoms with Crippen molar-refractivity contribution < 1.29 is 9.53 Å². The molecule has 2 aliphatic rings. The lowest BCUT2D eigenvalue weighted by Gasteiger charge is -2.41. The van der Waals surface area contributed by atoms with Gasteiger partial charge in [-0.25, -0.2) is 4.79 Å². The Labute approximate surface area is 158 Å². The molecule has 2 aliphatic heterocycles. The molecule has 0 unspecified atom stereocenters. The van der Waals surface area contributed by atoms with Gasteiger partial charge >= 0.3 is 6.09 Å². The normalized spacial score (nSPS) is 20.5. The molecular formula is C19H28BrN3O2. The highest BCUT2D eigenvalue weighted by Gasteiger charge is 2.30. The number of anilines is 1. The first-order chi connectivity index (χ1) is 12.2. The van der Waals surface area contributed by atoms with Gasteiger partial charge in [-0.1, -0.05) is 22.0 Å². The van der Waals surface area contributed by atoms with Crippen molar-refractivity contribution in [2.75, 3.05) is 38.1 Å². The Morgan fingerprint density at radius 2 is 1.92 bits per heavy atom. The van der Waals surface area contributed by atoms with Gasteiger partial charge in [-0.05, 0) is 50.8 Å². The van der Waals surface area contributed by atoms with E-state index in [-0.39, 0.29) is 6.09 Å². The van der Waals surface area contributed by atoms with Crippen LogP contribution in [0, 0.1) is 0 Å². The molecule has 1 aromatic carbocycles. The number of carbonyl (C=O) groups excluding carboxylic acids is 1. The molecule has 0 radical (unpaired) electrons. The average molecular weight is 410 g/mol. The maximum Gasteiger partial charge on any atom is 0.409 e. The standard InChI is InChI=1S/C19H28BrN3O2/c1-2-25-19(24)23-12-8-18(9-13-23)22-10-6-16(7-11-22)21-17-5-3-4-15(20)14-17/h3-5,14,16,18,21H,2,6-13H2,1H3. The van der Waals surface area contributed by atoms with Gasteiger partial charge in [0.25, 0.3) is 0 Å². The van der Waals surface area contributed by atoms with E-state index in [1.165, 1.54) is 18.5 Å². The minimum atomic E-state index is -0.155. The SMILES string of the molecule is CCOC(=O)N1CCC(N2CCC(Nc3cccc(Br)c3)CC2)CC1. The average Bonchev–Trinajstić information content (AvgIpc) is 2.63. The van der Waals surface area contributed by atoms with Crippen LogP contribution in [0.5, 0.6) is 0 Å². The summed E-state index contributed by atoms with van der Waals surface area (Å²) >= 11 is 3.53. The van der Waals surface area contributed by atoms with Crippen LogP contribution in [0.3, 0.4) is 0 Å². The highest BCUT2D eigenvalue weighted by molar-refractivity contribution is 9.10. The van der Waals surface area contributed by atoms with E-state index in [0.29, 0.717) is 18.7 Å². The van der Waals surface area contributed by atoms with Gasteiger partial charge in [-0.3, -0.25) is 0 Å². The monoisotopic (exact) mass is 409 g/mol. The first-order valence-corrected chi connectivity index (χ1v) is 10.1. The number of benzene rings is 1. The molecule has 0 bridgehead atoms.